The third-order valence-corrected chi connectivity index (χ3v) is 3.85. The number of aliphatic hydroxyl groups is 1. The zero-order valence-electron chi connectivity index (χ0n) is 11.5. The molecule has 2 amide bonds. The van der Waals surface area contributed by atoms with Crippen LogP contribution in [-0.2, 0) is 4.79 Å². The number of aliphatic carboxylic acids is 1. The molecule has 1 saturated carbocycles. The molecule has 4 N–H and O–H groups in total. The molecule has 0 aliphatic heterocycles. The molecule has 0 heterocycles. The standard InChI is InChI=1S/C12H23N3O4/c1-15(2)12(5-3-4-6-12)8-13-11(19)14-9(7-16)10(17)18/h9,16H,3-8H2,1-2H3,(H,17,18)(H2,13,14,19)/t9-/m1/s1. The van der Waals surface area contributed by atoms with Gasteiger partial charge in [-0.05, 0) is 26.9 Å². The van der Waals surface area contributed by atoms with Crippen molar-refractivity contribution >= 4 is 12.0 Å². The lowest BCUT2D eigenvalue weighted by molar-refractivity contribution is -0.140. The second kappa shape index (κ2) is 6.72. The number of carbonyl (C=O) groups excluding carboxylic acids is 1. The van der Waals surface area contributed by atoms with Crippen LogP contribution >= 0.6 is 0 Å². The van der Waals surface area contributed by atoms with Crippen molar-refractivity contribution in [3.8, 4) is 0 Å². The Morgan fingerprint density at radius 2 is 1.89 bits per heavy atom. The molecule has 1 fully saturated rings. The Morgan fingerprint density at radius 1 is 1.32 bits per heavy atom. The van der Waals surface area contributed by atoms with Crippen LogP contribution in [0.5, 0.6) is 0 Å². The highest BCUT2D eigenvalue weighted by atomic mass is 16.4. The summed E-state index contributed by atoms with van der Waals surface area (Å²) in [5.41, 5.74) is -0.0464. The first-order chi connectivity index (χ1) is 8.91. The lowest BCUT2D eigenvalue weighted by atomic mass is 9.96. The van der Waals surface area contributed by atoms with Crippen molar-refractivity contribution in [2.24, 2.45) is 0 Å². The molecule has 1 aliphatic carbocycles. The van der Waals surface area contributed by atoms with Gasteiger partial charge in [-0.2, -0.15) is 0 Å². The maximum atomic E-state index is 11.6. The van der Waals surface area contributed by atoms with E-state index >= 15 is 0 Å². The van der Waals surface area contributed by atoms with E-state index in [1.165, 1.54) is 0 Å². The first-order valence-corrected chi connectivity index (χ1v) is 6.47. The van der Waals surface area contributed by atoms with Crippen molar-refractivity contribution in [1.29, 1.82) is 0 Å². The number of carboxylic acids is 1. The fourth-order valence-electron chi connectivity index (χ4n) is 2.45. The van der Waals surface area contributed by atoms with Crippen LogP contribution in [0.25, 0.3) is 0 Å². The Labute approximate surface area is 113 Å². The molecule has 0 unspecified atom stereocenters. The number of rotatable bonds is 6. The van der Waals surface area contributed by atoms with Crippen molar-refractivity contribution in [2.75, 3.05) is 27.2 Å². The summed E-state index contributed by atoms with van der Waals surface area (Å²) < 4.78 is 0. The Hall–Kier alpha value is -1.34. The molecular formula is C12H23N3O4. The maximum Gasteiger partial charge on any atom is 0.328 e. The number of carboxylic acid groups (broad SMARTS) is 1. The van der Waals surface area contributed by atoms with Gasteiger partial charge in [0, 0.05) is 12.1 Å². The minimum Gasteiger partial charge on any atom is -0.480 e. The molecule has 1 aliphatic rings. The van der Waals surface area contributed by atoms with E-state index in [1.807, 2.05) is 14.1 Å². The summed E-state index contributed by atoms with van der Waals surface area (Å²) in [7, 11) is 3.97. The topological polar surface area (TPSA) is 102 Å². The molecule has 19 heavy (non-hydrogen) atoms. The van der Waals surface area contributed by atoms with E-state index in [-0.39, 0.29) is 5.54 Å². The Kier molecular flexibility index (Phi) is 5.56. The van der Waals surface area contributed by atoms with Crippen LogP contribution in [0.4, 0.5) is 4.79 Å². The van der Waals surface area contributed by atoms with Crippen molar-refractivity contribution in [3.05, 3.63) is 0 Å². The predicted octanol–water partition coefficient (Wildman–Crippen LogP) is -0.394. The van der Waals surface area contributed by atoms with Gasteiger partial charge in [-0.15, -0.1) is 0 Å². The van der Waals surface area contributed by atoms with E-state index in [2.05, 4.69) is 15.5 Å². The molecule has 7 heteroatoms. The molecule has 0 aromatic carbocycles. The van der Waals surface area contributed by atoms with Gasteiger partial charge in [0.1, 0.15) is 0 Å². The second-order valence-electron chi connectivity index (χ2n) is 5.23. The van der Waals surface area contributed by atoms with Crippen molar-refractivity contribution in [3.63, 3.8) is 0 Å². The fourth-order valence-corrected chi connectivity index (χ4v) is 2.45. The summed E-state index contributed by atoms with van der Waals surface area (Å²) in [6.07, 6.45) is 4.30. The Morgan fingerprint density at radius 3 is 2.32 bits per heavy atom. The van der Waals surface area contributed by atoms with Gasteiger partial charge in [-0.25, -0.2) is 9.59 Å². The van der Waals surface area contributed by atoms with Crippen LogP contribution in [0.15, 0.2) is 0 Å². The third-order valence-electron chi connectivity index (χ3n) is 3.85. The summed E-state index contributed by atoms with van der Waals surface area (Å²) in [5.74, 6) is -1.25. The molecule has 1 atom stereocenters. The minimum atomic E-state index is -1.26. The lowest BCUT2D eigenvalue weighted by Gasteiger charge is -2.36. The summed E-state index contributed by atoms with van der Waals surface area (Å²) in [5, 5.41) is 22.5. The van der Waals surface area contributed by atoms with E-state index in [0.717, 1.165) is 25.7 Å². The molecule has 110 valence electrons. The number of carbonyl (C=O) groups is 2. The molecular weight excluding hydrogens is 250 g/mol. The molecule has 0 spiro atoms. The minimum absolute atomic E-state index is 0.0464. The average Bonchev–Trinajstić information content (AvgIpc) is 2.83. The molecule has 0 aromatic rings. The van der Waals surface area contributed by atoms with Crippen LogP contribution < -0.4 is 10.6 Å². The molecule has 0 radical (unpaired) electrons. The van der Waals surface area contributed by atoms with Crippen molar-refractivity contribution < 1.29 is 19.8 Å². The first kappa shape index (κ1) is 15.7. The molecule has 0 aromatic heterocycles. The van der Waals surface area contributed by atoms with Gasteiger partial charge in [0.15, 0.2) is 6.04 Å². The van der Waals surface area contributed by atoms with Gasteiger partial charge in [-0.1, -0.05) is 12.8 Å². The number of aliphatic hydroxyl groups excluding tert-OH is 1. The zero-order valence-corrected chi connectivity index (χ0v) is 11.5. The SMILES string of the molecule is CN(C)C1(CNC(=O)N[C@H](CO)C(=O)O)CCCC1. The third kappa shape index (κ3) is 4.07. The smallest absolute Gasteiger partial charge is 0.328 e. The molecule has 0 saturated heterocycles. The fraction of sp³-hybridized carbons (Fsp3) is 0.833. The van der Waals surface area contributed by atoms with E-state index in [9.17, 15) is 9.59 Å². The molecule has 0 bridgehead atoms. The van der Waals surface area contributed by atoms with Crippen LogP contribution in [-0.4, -0.2) is 65.9 Å². The van der Waals surface area contributed by atoms with Crippen LogP contribution in [0, 0.1) is 0 Å². The van der Waals surface area contributed by atoms with E-state index < -0.39 is 24.6 Å². The van der Waals surface area contributed by atoms with E-state index in [0.29, 0.717) is 6.54 Å². The van der Waals surface area contributed by atoms with Gasteiger partial charge < -0.3 is 25.7 Å². The summed E-state index contributed by atoms with van der Waals surface area (Å²) in [4.78, 5) is 24.4. The quantitative estimate of drug-likeness (QED) is 0.528. The van der Waals surface area contributed by atoms with Gasteiger partial charge in [-0.3, -0.25) is 0 Å². The van der Waals surface area contributed by atoms with Gasteiger partial charge in [0.2, 0.25) is 0 Å². The van der Waals surface area contributed by atoms with E-state index in [4.69, 9.17) is 10.2 Å². The van der Waals surface area contributed by atoms with Crippen LogP contribution in [0.1, 0.15) is 25.7 Å². The van der Waals surface area contributed by atoms with Crippen molar-refractivity contribution in [2.45, 2.75) is 37.3 Å². The number of urea groups is 1. The number of hydrogen-bond acceptors (Lipinski definition) is 4. The largest absolute Gasteiger partial charge is 0.480 e. The number of likely N-dealkylation sites (N-methyl/N-ethyl adjacent to an activating group) is 1. The highest BCUT2D eigenvalue weighted by molar-refractivity contribution is 5.82. The summed E-state index contributed by atoms with van der Waals surface area (Å²) in [6, 6.07) is -1.83. The first-order valence-electron chi connectivity index (χ1n) is 6.47. The number of nitrogens with zero attached hydrogens (tertiary/aromatic N) is 1. The summed E-state index contributed by atoms with van der Waals surface area (Å²) in [6.45, 7) is -0.148. The maximum absolute atomic E-state index is 11.6. The Bertz CT molecular complexity index is 327. The van der Waals surface area contributed by atoms with Crippen LogP contribution in [0.2, 0.25) is 0 Å². The second-order valence-corrected chi connectivity index (χ2v) is 5.23. The number of amides is 2. The normalized spacial score (nSPS) is 19.2. The Balaban J connectivity index is 2.46. The van der Waals surface area contributed by atoms with Gasteiger partial charge in [0.25, 0.3) is 0 Å². The number of nitrogens with one attached hydrogen (secondary N) is 2. The average molecular weight is 273 g/mol. The van der Waals surface area contributed by atoms with E-state index in [1.54, 1.807) is 0 Å². The molecule has 1 rings (SSSR count). The number of hydrogen-bond donors (Lipinski definition) is 4. The van der Waals surface area contributed by atoms with Gasteiger partial charge >= 0.3 is 12.0 Å². The zero-order chi connectivity index (χ0) is 14.5. The van der Waals surface area contributed by atoms with Gasteiger partial charge in [0.05, 0.1) is 6.61 Å². The molecule has 7 nitrogen and oxygen atoms in total. The van der Waals surface area contributed by atoms with Crippen LogP contribution in [0.3, 0.4) is 0 Å². The van der Waals surface area contributed by atoms with Crippen molar-refractivity contribution in [1.82, 2.24) is 15.5 Å². The lowest BCUT2D eigenvalue weighted by Crippen LogP contribution is -2.55. The summed E-state index contributed by atoms with van der Waals surface area (Å²) >= 11 is 0. The highest BCUT2D eigenvalue weighted by Gasteiger charge is 2.36. The highest BCUT2D eigenvalue weighted by Crippen LogP contribution is 2.32. The predicted molar refractivity (Wildman–Crippen MR) is 69.9 cm³/mol. The monoisotopic (exact) mass is 273 g/mol.